The van der Waals surface area contributed by atoms with Crippen LogP contribution in [0.3, 0.4) is 0 Å². The van der Waals surface area contributed by atoms with Gasteiger partial charge in [-0.25, -0.2) is 14.8 Å². The quantitative estimate of drug-likeness (QED) is 0.862. The van der Waals surface area contributed by atoms with E-state index in [1.54, 1.807) is 0 Å². The summed E-state index contributed by atoms with van der Waals surface area (Å²) in [6.45, 7) is 5.59. The first-order chi connectivity index (χ1) is 10.4. The van der Waals surface area contributed by atoms with E-state index < -0.39 is 11.2 Å². The maximum atomic E-state index is 12.0. The van der Waals surface area contributed by atoms with Gasteiger partial charge in [-0.3, -0.25) is 14.3 Å². The Morgan fingerprint density at radius 2 is 2.05 bits per heavy atom. The molecule has 0 saturated heterocycles. The number of nitrogens with zero attached hydrogens (tertiary/aromatic N) is 3. The maximum Gasteiger partial charge on any atom is 0.330 e. The standard InChI is InChI=1S/C15H15ClN4O2/c1-7(2)20-13-10(14(21)19-15(20)22)6-11(18-13)9-5-4-8(3)17-12(9)16/h4-5,7H,6H2,1-3H3,(H,19,21,22). The first-order valence-electron chi connectivity index (χ1n) is 6.97. The van der Waals surface area contributed by atoms with E-state index in [2.05, 4.69) is 15.0 Å². The molecule has 0 unspecified atom stereocenters. The Hall–Kier alpha value is -2.21. The van der Waals surface area contributed by atoms with Gasteiger partial charge in [0.15, 0.2) is 0 Å². The van der Waals surface area contributed by atoms with E-state index in [4.69, 9.17) is 11.6 Å². The van der Waals surface area contributed by atoms with Gasteiger partial charge in [-0.2, -0.15) is 0 Å². The molecule has 0 fully saturated rings. The lowest BCUT2D eigenvalue weighted by Crippen LogP contribution is -2.32. The van der Waals surface area contributed by atoms with Crippen LogP contribution in [-0.2, 0) is 6.42 Å². The van der Waals surface area contributed by atoms with E-state index in [1.807, 2.05) is 32.9 Å². The van der Waals surface area contributed by atoms with Crippen molar-refractivity contribution in [3.63, 3.8) is 0 Å². The Labute approximate surface area is 131 Å². The van der Waals surface area contributed by atoms with Crippen LogP contribution in [0.25, 0.3) is 0 Å². The third-order valence-corrected chi connectivity index (χ3v) is 3.90. The van der Waals surface area contributed by atoms with E-state index in [-0.39, 0.29) is 6.04 Å². The number of aliphatic imine (C=N–C) groups is 1. The predicted molar refractivity (Wildman–Crippen MR) is 85.6 cm³/mol. The number of H-pyrrole nitrogens is 1. The minimum atomic E-state index is -0.447. The fraction of sp³-hybridized carbons (Fsp3) is 0.333. The Kier molecular flexibility index (Phi) is 3.48. The van der Waals surface area contributed by atoms with Crippen LogP contribution in [0.2, 0.25) is 5.15 Å². The molecule has 2 aromatic heterocycles. The van der Waals surface area contributed by atoms with Gasteiger partial charge in [0.1, 0.15) is 11.0 Å². The first kappa shape index (κ1) is 14.7. The van der Waals surface area contributed by atoms with Gasteiger partial charge >= 0.3 is 5.69 Å². The van der Waals surface area contributed by atoms with Crippen molar-refractivity contribution in [2.24, 2.45) is 4.99 Å². The summed E-state index contributed by atoms with van der Waals surface area (Å²) in [6.07, 6.45) is 0.335. The zero-order valence-electron chi connectivity index (χ0n) is 12.5. The molecule has 3 heterocycles. The number of hydrogen-bond donors (Lipinski definition) is 1. The van der Waals surface area contributed by atoms with Crippen LogP contribution in [0.1, 0.15) is 36.7 Å². The van der Waals surface area contributed by atoms with Crippen molar-refractivity contribution in [2.45, 2.75) is 33.2 Å². The molecule has 0 bridgehead atoms. The SMILES string of the molecule is Cc1ccc(C2=Nc3c(c(=O)[nH]c(=O)n3C(C)C)C2)c(Cl)n1. The summed E-state index contributed by atoms with van der Waals surface area (Å²) in [7, 11) is 0. The molecule has 0 aromatic carbocycles. The molecule has 2 aromatic rings. The number of aryl methyl sites for hydroxylation is 1. The largest absolute Gasteiger partial charge is 0.330 e. The monoisotopic (exact) mass is 318 g/mol. The highest BCUT2D eigenvalue weighted by Crippen LogP contribution is 2.29. The summed E-state index contributed by atoms with van der Waals surface area (Å²) >= 11 is 6.18. The molecule has 0 aliphatic carbocycles. The smallest absolute Gasteiger partial charge is 0.275 e. The van der Waals surface area contributed by atoms with E-state index >= 15 is 0 Å². The number of nitrogens with one attached hydrogen (secondary N) is 1. The Morgan fingerprint density at radius 3 is 2.68 bits per heavy atom. The zero-order valence-corrected chi connectivity index (χ0v) is 13.2. The van der Waals surface area contributed by atoms with Gasteiger partial charge in [-0.1, -0.05) is 11.6 Å². The Balaban J connectivity index is 2.20. The number of rotatable bonds is 2. The fourth-order valence-corrected chi connectivity index (χ4v) is 2.87. The van der Waals surface area contributed by atoms with Gasteiger partial charge in [0.25, 0.3) is 5.56 Å². The van der Waals surface area contributed by atoms with Gasteiger partial charge < -0.3 is 0 Å². The van der Waals surface area contributed by atoms with Gasteiger partial charge in [0.05, 0.1) is 11.3 Å². The molecule has 114 valence electrons. The normalized spacial score (nSPS) is 13.4. The molecule has 0 spiro atoms. The third-order valence-electron chi connectivity index (χ3n) is 3.61. The van der Waals surface area contributed by atoms with Crippen molar-refractivity contribution in [3.8, 4) is 0 Å². The highest BCUT2D eigenvalue weighted by atomic mass is 35.5. The summed E-state index contributed by atoms with van der Waals surface area (Å²) < 4.78 is 1.49. The molecule has 1 aliphatic rings. The van der Waals surface area contributed by atoms with Crippen LogP contribution in [0.4, 0.5) is 5.82 Å². The molecule has 0 saturated carbocycles. The lowest BCUT2D eigenvalue weighted by molar-refractivity contribution is 0.565. The molecule has 0 atom stereocenters. The van der Waals surface area contributed by atoms with Gasteiger partial charge in [-0.15, -0.1) is 0 Å². The summed E-state index contributed by atoms with van der Waals surface area (Å²) in [5.41, 5.74) is 1.79. The Bertz CT molecular complexity index is 909. The molecule has 0 radical (unpaired) electrons. The minimum Gasteiger partial charge on any atom is -0.275 e. The van der Waals surface area contributed by atoms with Gasteiger partial charge in [0, 0.05) is 23.7 Å². The second-order valence-corrected chi connectivity index (χ2v) is 5.91. The van der Waals surface area contributed by atoms with Crippen molar-refractivity contribution in [3.05, 3.63) is 54.9 Å². The number of fused-ring (bicyclic) bond motifs is 1. The number of halogens is 1. The van der Waals surface area contributed by atoms with Crippen molar-refractivity contribution in [2.75, 3.05) is 0 Å². The second-order valence-electron chi connectivity index (χ2n) is 5.55. The number of pyridine rings is 1. The highest BCUT2D eigenvalue weighted by molar-refractivity contribution is 6.33. The molecule has 6 nitrogen and oxygen atoms in total. The molecule has 0 amide bonds. The lowest BCUT2D eigenvalue weighted by atomic mass is 10.1. The zero-order chi connectivity index (χ0) is 16.0. The van der Waals surface area contributed by atoms with Crippen LogP contribution in [-0.4, -0.2) is 20.2 Å². The van der Waals surface area contributed by atoms with Crippen LogP contribution >= 0.6 is 11.6 Å². The van der Waals surface area contributed by atoms with Crippen molar-refractivity contribution < 1.29 is 0 Å². The van der Waals surface area contributed by atoms with E-state index in [0.717, 1.165) is 5.69 Å². The molecule has 3 rings (SSSR count). The molecule has 22 heavy (non-hydrogen) atoms. The average Bonchev–Trinajstić information content (AvgIpc) is 2.82. The van der Waals surface area contributed by atoms with Crippen LogP contribution in [0, 0.1) is 6.92 Å². The molecular formula is C15H15ClN4O2. The Morgan fingerprint density at radius 1 is 1.32 bits per heavy atom. The maximum absolute atomic E-state index is 12.0. The van der Waals surface area contributed by atoms with E-state index in [9.17, 15) is 9.59 Å². The molecule has 7 heteroatoms. The predicted octanol–water partition coefficient (Wildman–Crippen LogP) is 2.15. The minimum absolute atomic E-state index is 0.104. The van der Waals surface area contributed by atoms with Gasteiger partial charge in [0.2, 0.25) is 0 Å². The summed E-state index contributed by atoms with van der Waals surface area (Å²) in [5.74, 6) is 0.412. The summed E-state index contributed by atoms with van der Waals surface area (Å²) in [6, 6.07) is 3.57. The topological polar surface area (TPSA) is 80.1 Å². The van der Waals surface area contributed by atoms with Crippen molar-refractivity contribution in [1.29, 1.82) is 0 Å². The first-order valence-corrected chi connectivity index (χ1v) is 7.35. The fourth-order valence-electron chi connectivity index (χ4n) is 2.57. The van der Waals surface area contributed by atoms with E-state index in [0.29, 0.717) is 34.2 Å². The molecule has 1 aliphatic heterocycles. The number of aromatic amines is 1. The van der Waals surface area contributed by atoms with Crippen LogP contribution in [0.15, 0.2) is 26.7 Å². The summed E-state index contributed by atoms with van der Waals surface area (Å²) in [5, 5.41) is 0.349. The third kappa shape index (κ3) is 2.29. The molecular weight excluding hydrogens is 304 g/mol. The molecule has 1 N–H and O–H groups in total. The highest BCUT2D eigenvalue weighted by Gasteiger charge is 2.25. The number of aromatic nitrogens is 3. The van der Waals surface area contributed by atoms with Crippen molar-refractivity contribution in [1.82, 2.24) is 14.5 Å². The van der Waals surface area contributed by atoms with Crippen molar-refractivity contribution >= 4 is 23.1 Å². The number of hydrogen-bond acceptors (Lipinski definition) is 4. The van der Waals surface area contributed by atoms with Crippen LogP contribution in [0.5, 0.6) is 0 Å². The lowest BCUT2D eigenvalue weighted by Gasteiger charge is -2.12. The van der Waals surface area contributed by atoms with Gasteiger partial charge in [-0.05, 0) is 32.9 Å². The van der Waals surface area contributed by atoms with E-state index in [1.165, 1.54) is 4.57 Å². The second kappa shape index (κ2) is 5.21. The summed E-state index contributed by atoms with van der Waals surface area (Å²) in [4.78, 5) is 35.1. The average molecular weight is 319 g/mol. The van der Waals surface area contributed by atoms with Crippen LogP contribution < -0.4 is 11.2 Å².